The molecule has 0 spiro atoms. The third-order valence-corrected chi connectivity index (χ3v) is 6.74. The molecular formula is C23H23FN8. The highest BCUT2D eigenvalue weighted by Crippen LogP contribution is 2.48. The summed E-state index contributed by atoms with van der Waals surface area (Å²) < 4.78 is 17.8. The van der Waals surface area contributed by atoms with Crippen molar-refractivity contribution in [1.82, 2.24) is 34.3 Å². The summed E-state index contributed by atoms with van der Waals surface area (Å²) in [5, 5.41) is 8.98. The molecule has 0 saturated carbocycles. The predicted molar refractivity (Wildman–Crippen MR) is 117 cm³/mol. The van der Waals surface area contributed by atoms with Gasteiger partial charge in [0.2, 0.25) is 5.95 Å². The molecule has 0 radical (unpaired) electrons. The summed E-state index contributed by atoms with van der Waals surface area (Å²) in [5.74, 6) is 3.49. The molecule has 5 heterocycles. The molecule has 1 fully saturated rings. The first-order valence-corrected chi connectivity index (χ1v) is 11.0. The molecule has 3 aromatic heterocycles. The number of hydrogen-bond acceptors (Lipinski definition) is 6. The lowest BCUT2D eigenvalue weighted by Gasteiger charge is -2.49. The van der Waals surface area contributed by atoms with Gasteiger partial charge in [0.25, 0.3) is 0 Å². The van der Waals surface area contributed by atoms with Crippen LogP contribution < -0.4 is 4.90 Å². The van der Waals surface area contributed by atoms with Crippen LogP contribution in [0.2, 0.25) is 0 Å². The van der Waals surface area contributed by atoms with Gasteiger partial charge >= 0.3 is 0 Å². The van der Waals surface area contributed by atoms with Crippen LogP contribution in [0.15, 0.2) is 42.9 Å². The molecule has 0 amide bonds. The Kier molecular flexibility index (Phi) is 4.14. The molecule has 4 aromatic rings. The van der Waals surface area contributed by atoms with Gasteiger partial charge in [-0.25, -0.2) is 14.4 Å². The number of piperidine rings is 1. The van der Waals surface area contributed by atoms with E-state index >= 15 is 0 Å². The molecular weight excluding hydrogens is 407 g/mol. The molecule has 0 bridgehead atoms. The second-order valence-corrected chi connectivity index (χ2v) is 8.41. The number of benzene rings is 1. The molecule has 0 N–H and O–H groups in total. The van der Waals surface area contributed by atoms with Gasteiger partial charge in [0.05, 0.1) is 6.20 Å². The van der Waals surface area contributed by atoms with Gasteiger partial charge in [0, 0.05) is 24.5 Å². The van der Waals surface area contributed by atoms with Crippen LogP contribution in [0.25, 0.3) is 23.0 Å². The lowest BCUT2D eigenvalue weighted by molar-refractivity contribution is 0.274. The van der Waals surface area contributed by atoms with Crippen LogP contribution in [0.3, 0.4) is 0 Å². The fourth-order valence-electron chi connectivity index (χ4n) is 5.19. The Hall–Kier alpha value is -3.62. The largest absolute Gasteiger partial charge is 0.342 e. The molecule has 8 nitrogen and oxygen atoms in total. The molecule has 0 unspecified atom stereocenters. The number of imidazole rings is 1. The number of halogens is 1. The van der Waals surface area contributed by atoms with Gasteiger partial charge in [0.1, 0.15) is 28.7 Å². The minimum absolute atomic E-state index is 0.224. The number of rotatable bonds is 3. The van der Waals surface area contributed by atoms with E-state index in [0.29, 0.717) is 17.3 Å². The zero-order valence-corrected chi connectivity index (χ0v) is 18.0. The van der Waals surface area contributed by atoms with Crippen molar-refractivity contribution in [2.45, 2.75) is 45.1 Å². The van der Waals surface area contributed by atoms with Crippen LogP contribution in [0.5, 0.6) is 0 Å². The van der Waals surface area contributed by atoms with E-state index in [0.717, 1.165) is 55.4 Å². The van der Waals surface area contributed by atoms with Crippen LogP contribution in [-0.4, -0.2) is 40.8 Å². The molecule has 162 valence electrons. The molecule has 6 rings (SSSR count). The van der Waals surface area contributed by atoms with Crippen molar-refractivity contribution in [2.75, 3.05) is 11.4 Å². The van der Waals surface area contributed by atoms with Crippen molar-refractivity contribution in [3.05, 3.63) is 60.3 Å². The van der Waals surface area contributed by atoms with Crippen LogP contribution >= 0.6 is 0 Å². The fourth-order valence-corrected chi connectivity index (χ4v) is 5.19. The van der Waals surface area contributed by atoms with Crippen molar-refractivity contribution in [3.63, 3.8) is 0 Å². The quantitative estimate of drug-likeness (QED) is 0.490. The first-order chi connectivity index (χ1) is 15.6. The molecule has 2 aliphatic heterocycles. The van der Waals surface area contributed by atoms with Crippen molar-refractivity contribution >= 4 is 5.82 Å². The van der Waals surface area contributed by atoms with E-state index in [2.05, 4.69) is 36.6 Å². The first kappa shape index (κ1) is 19.1. The van der Waals surface area contributed by atoms with Crippen molar-refractivity contribution in [3.8, 4) is 23.0 Å². The number of hydrogen-bond donors (Lipinski definition) is 0. The van der Waals surface area contributed by atoms with Gasteiger partial charge in [-0.2, -0.15) is 4.98 Å². The van der Waals surface area contributed by atoms with Gasteiger partial charge in [-0.1, -0.05) is 19.1 Å². The standard InChI is InChI=1S/C23H23FN8/c1-3-23-9-4-5-11-31(23)20-18(32-15(2)28-29-21(23)32)14-26-22(27-20)30-12-10-25-19(30)16-7-6-8-17(24)13-16/h6-8,10,12-14H,3-5,9,11H2,1-2H3/t23-/m0/s1. The van der Waals surface area contributed by atoms with Crippen LogP contribution in [0.4, 0.5) is 10.2 Å². The van der Waals surface area contributed by atoms with Crippen molar-refractivity contribution in [1.29, 1.82) is 0 Å². The smallest absolute Gasteiger partial charge is 0.237 e. The topological polar surface area (TPSA) is 77.5 Å². The average Bonchev–Trinajstić information content (AvgIpc) is 3.46. The van der Waals surface area contributed by atoms with Gasteiger partial charge in [-0.15, -0.1) is 10.2 Å². The Balaban J connectivity index is 1.54. The molecule has 1 atom stereocenters. The highest BCUT2D eigenvalue weighted by atomic mass is 19.1. The first-order valence-electron chi connectivity index (χ1n) is 11.0. The summed E-state index contributed by atoms with van der Waals surface area (Å²) in [7, 11) is 0. The number of aromatic nitrogens is 7. The minimum Gasteiger partial charge on any atom is -0.342 e. The Morgan fingerprint density at radius 1 is 1.16 bits per heavy atom. The number of fused-ring (bicyclic) bond motifs is 6. The summed E-state index contributed by atoms with van der Waals surface area (Å²) in [5.41, 5.74) is 1.34. The second-order valence-electron chi connectivity index (χ2n) is 8.41. The Bertz CT molecular complexity index is 1330. The predicted octanol–water partition coefficient (Wildman–Crippen LogP) is 3.97. The molecule has 32 heavy (non-hydrogen) atoms. The van der Waals surface area contributed by atoms with E-state index in [9.17, 15) is 4.39 Å². The van der Waals surface area contributed by atoms with E-state index in [4.69, 9.17) is 4.98 Å². The lowest BCUT2D eigenvalue weighted by Crippen LogP contribution is -2.54. The second kappa shape index (κ2) is 6.94. The Morgan fingerprint density at radius 2 is 2.06 bits per heavy atom. The minimum atomic E-state index is -0.305. The monoisotopic (exact) mass is 430 g/mol. The SMILES string of the molecule is CC[C@@]12CCCCN1c1nc(-n3ccnc3-c3cccc(F)c3)ncc1-n1c(C)nnc12. The van der Waals surface area contributed by atoms with Crippen LogP contribution in [0.1, 0.15) is 44.3 Å². The molecule has 1 aromatic carbocycles. The molecule has 2 aliphatic rings. The van der Waals surface area contributed by atoms with Crippen molar-refractivity contribution in [2.24, 2.45) is 0 Å². The average molecular weight is 430 g/mol. The van der Waals surface area contributed by atoms with Gasteiger partial charge in [0.15, 0.2) is 11.6 Å². The van der Waals surface area contributed by atoms with E-state index in [-0.39, 0.29) is 11.4 Å². The summed E-state index contributed by atoms with van der Waals surface area (Å²) >= 11 is 0. The van der Waals surface area contributed by atoms with E-state index in [1.807, 2.05) is 25.4 Å². The zero-order valence-electron chi connectivity index (χ0n) is 18.0. The van der Waals surface area contributed by atoms with E-state index in [1.165, 1.54) is 12.1 Å². The van der Waals surface area contributed by atoms with E-state index in [1.54, 1.807) is 16.8 Å². The number of nitrogens with zero attached hydrogens (tertiary/aromatic N) is 8. The highest BCUT2D eigenvalue weighted by molar-refractivity contribution is 5.65. The molecule has 1 saturated heterocycles. The summed E-state index contributed by atoms with van der Waals surface area (Å²) in [6.07, 6.45) is 9.51. The molecule has 9 heteroatoms. The molecule has 0 aliphatic carbocycles. The van der Waals surface area contributed by atoms with Gasteiger partial charge in [-0.3, -0.25) is 9.13 Å². The number of aryl methyl sites for hydroxylation is 1. The fraction of sp³-hybridized carbons (Fsp3) is 0.348. The maximum absolute atomic E-state index is 13.8. The van der Waals surface area contributed by atoms with Crippen LogP contribution in [-0.2, 0) is 5.54 Å². The summed E-state index contributed by atoms with van der Waals surface area (Å²) in [6.45, 7) is 5.08. The third-order valence-electron chi connectivity index (χ3n) is 6.74. The Morgan fingerprint density at radius 3 is 2.91 bits per heavy atom. The summed E-state index contributed by atoms with van der Waals surface area (Å²) in [6, 6.07) is 6.40. The van der Waals surface area contributed by atoms with E-state index < -0.39 is 0 Å². The lowest BCUT2D eigenvalue weighted by atomic mass is 9.82. The van der Waals surface area contributed by atoms with Gasteiger partial charge < -0.3 is 4.90 Å². The Labute approximate surface area is 184 Å². The highest BCUT2D eigenvalue weighted by Gasteiger charge is 2.48. The maximum Gasteiger partial charge on any atom is 0.237 e. The zero-order chi connectivity index (χ0) is 21.9. The van der Waals surface area contributed by atoms with Crippen LogP contribution in [0, 0.1) is 12.7 Å². The summed E-state index contributed by atoms with van der Waals surface area (Å²) in [4.78, 5) is 16.5. The third kappa shape index (κ3) is 2.57. The number of anilines is 1. The normalized spacial score (nSPS) is 19.4. The van der Waals surface area contributed by atoms with Gasteiger partial charge in [-0.05, 0) is 44.7 Å². The van der Waals surface area contributed by atoms with Crippen molar-refractivity contribution < 1.29 is 4.39 Å². The maximum atomic E-state index is 13.8.